The van der Waals surface area contributed by atoms with Crippen molar-refractivity contribution >= 4 is 10.0 Å². The molecular formula is C12H19NO4S. The zero-order valence-corrected chi connectivity index (χ0v) is 11.1. The number of hydrogen-bond acceptors (Lipinski definition) is 4. The molecule has 1 aromatic rings. The van der Waals surface area contributed by atoms with Gasteiger partial charge in [0, 0.05) is 12.6 Å². The highest BCUT2D eigenvalue weighted by Gasteiger charge is 2.37. The number of aliphatic hydroxyl groups excluding tert-OH is 1. The largest absolute Gasteiger partial charge is 0.468 e. The molecule has 0 unspecified atom stereocenters. The first-order chi connectivity index (χ1) is 8.63. The van der Waals surface area contributed by atoms with Crippen LogP contribution in [-0.2, 0) is 16.6 Å². The second-order valence-corrected chi connectivity index (χ2v) is 6.64. The summed E-state index contributed by atoms with van der Waals surface area (Å²) in [5.74, 6) is 0.776. The number of aliphatic hydroxyl groups is 1. The summed E-state index contributed by atoms with van der Waals surface area (Å²) in [6, 6.07) is 3.69. The second kappa shape index (κ2) is 5.86. The molecule has 102 valence electrons. The van der Waals surface area contributed by atoms with Crippen LogP contribution in [0.2, 0.25) is 0 Å². The Bertz CT molecular complexity index is 450. The summed E-state index contributed by atoms with van der Waals surface area (Å²) in [4.78, 5) is 0. The molecule has 1 aliphatic carbocycles. The Morgan fingerprint density at radius 2 is 2.17 bits per heavy atom. The molecule has 5 nitrogen and oxygen atoms in total. The molecule has 1 N–H and O–H groups in total. The van der Waals surface area contributed by atoms with Gasteiger partial charge in [-0.25, -0.2) is 8.42 Å². The van der Waals surface area contributed by atoms with Crippen LogP contribution in [0.15, 0.2) is 22.8 Å². The summed E-state index contributed by atoms with van der Waals surface area (Å²) in [5.41, 5.74) is 0. The van der Waals surface area contributed by atoms with Crippen molar-refractivity contribution in [1.82, 2.24) is 4.31 Å². The molecule has 0 spiro atoms. The van der Waals surface area contributed by atoms with Crippen LogP contribution < -0.4 is 0 Å². The first-order valence-corrected chi connectivity index (χ1v) is 7.87. The quantitative estimate of drug-likeness (QED) is 0.726. The molecule has 0 atom stereocenters. The van der Waals surface area contributed by atoms with E-state index in [1.807, 2.05) is 0 Å². The molecule has 1 aliphatic rings. The summed E-state index contributed by atoms with van der Waals surface area (Å²) < 4.78 is 31.2. The molecule has 0 amide bonds. The van der Waals surface area contributed by atoms with Gasteiger partial charge in [0.2, 0.25) is 10.0 Å². The zero-order chi connectivity index (χ0) is 13.0. The van der Waals surface area contributed by atoms with Gasteiger partial charge in [-0.15, -0.1) is 0 Å². The van der Waals surface area contributed by atoms with Gasteiger partial charge in [0.25, 0.3) is 0 Å². The Morgan fingerprint density at radius 3 is 2.72 bits per heavy atom. The lowest BCUT2D eigenvalue weighted by Crippen LogP contribution is -2.34. The number of hydrogen-bond donors (Lipinski definition) is 1. The van der Waals surface area contributed by atoms with Gasteiger partial charge in [-0.2, -0.15) is 4.31 Å². The molecule has 1 saturated carbocycles. The fourth-order valence-corrected chi connectivity index (χ4v) is 3.68. The van der Waals surface area contributed by atoms with Gasteiger partial charge in [-0.3, -0.25) is 0 Å². The second-order valence-electron chi connectivity index (χ2n) is 4.60. The lowest BCUT2D eigenvalue weighted by atomic mass is 10.4. The van der Waals surface area contributed by atoms with E-state index in [2.05, 4.69) is 0 Å². The molecule has 0 saturated heterocycles. The maximum Gasteiger partial charge on any atom is 0.214 e. The van der Waals surface area contributed by atoms with E-state index >= 15 is 0 Å². The summed E-state index contributed by atoms with van der Waals surface area (Å²) >= 11 is 0. The first kappa shape index (κ1) is 13.6. The standard InChI is InChI=1S/C12H19NO4S/c14-7-1-2-9-18(15,16)13(11-5-6-11)10-12-4-3-8-17-12/h3-4,8,11,14H,1-2,5-7,9-10H2. The Hall–Kier alpha value is -0.850. The van der Waals surface area contributed by atoms with Crippen molar-refractivity contribution in [3.63, 3.8) is 0 Å². The third-order valence-electron chi connectivity index (χ3n) is 3.01. The molecule has 0 aliphatic heterocycles. The van der Waals surface area contributed by atoms with Crippen LogP contribution >= 0.6 is 0 Å². The number of rotatable bonds is 8. The van der Waals surface area contributed by atoms with E-state index in [0.29, 0.717) is 25.1 Å². The highest BCUT2D eigenvalue weighted by molar-refractivity contribution is 7.89. The topological polar surface area (TPSA) is 70.8 Å². The fraction of sp³-hybridized carbons (Fsp3) is 0.667. The van der Waals surface area contributed by atoms with Crippen LogP contribution in [0.4, 0.5) is 0 Å². The average molecular weight is 273 g/mol. The van der Waals surface area contributed by atoms with Gasteiger partial charge in [-0.1, -0.05) is 0 Å². The van der Waals surface area contributed by atoms with Crippen molar-refractivity contribution in [2.24, 2.45) is 0 Å². The van der Waals surface area contributed by atoms with Gasteiger partial charge < -0.3 is 9.52 Å². The van der Waals surface area contributed by atoms with Crippen molar-refractivity contribution < 1.29 is 17.9 Å². The van der Waals surface area contributed by atoms with E-state index in [9.17, 15) is 8.42 Å². The van der Waals surface area contributed by atoms with Crippen LogP contribution in [-0.4, -0.2) is 36.2 Å². The molecule has 18 heavy (non-hydrogen) atoms. The van der Waals surface area contributed by atoms with Gasteiger partial charge in [0.15, 0.2) is 0 Å². The zero-order valence-electron chi connectivity index (χ0n) is 10.3. The first-order valence-electron chi connectivity index (χ1n) is 6.26. The van der Waals surface area contributed by atoms with Gasteiger partial charge in [0.1, 0.15) is 5.76 Å². The van der Waals surface area contributed by atoms with E-state index in [-0.39, 0.29) is 18.4 Å². The minimum atomic E-state index is -3.25. The maximum absolute atomic E-state index is 12.2. The van der Waals surface area contributed by atoms with E-state index in [1.165, 1.54) is 0 Å². The predicted octanol–water partition coefficient (Wildman–Crippen LogP) is 1.35. The van der Waals surface area contributed by atoms with Gasteiger partial charge >= 0.3 is 0 Å². The van der Waals surface area contributed by atoms with Crippen molar-refractivity contribution in [1.29, 1.82) is 0 Å². The summed E-state index contributed by atoms with van der Waals surface area (Å²) in [7, 11) is -3.25. The SMILES string of the molecule is O=S(=O)(CCCCO)N(Cc1ccco1)C1CC1. The molecule has 0 radical (unpaired) electrons. The monoisotopic (exact) mass is 273 g/mol. The number of nitrogens with zero attached hydrogens (tertiary/aromatic N) is 1. The minimum absolute atomic E-state index is 0.0388. The summed E-state index contributed by atoms with van der Waals surface area (Å²) in [5, 5.41) is 8.71. The van der Waals surface area contributed by atoms with Gasteiger partial charge in [-0.05, 0) is 37.8 Å². The van der Waals surface area contributed by atoms with Gasteiger partial charge in [0.05, 0.1) is 18.6 Å². The third kappa shape index (κ3) is 3.57. The highest BCUT2D eigenvalue weighted by Crippen LogP contribution is 2.31. The van der Waals surface area contributed by atoms with E-state index in [1.54, 1.807) is 22.7 Å². The fourth-order valence-electron chi connectivity index (χ4n) is 1.89. The molecular weight excluding hydrogens is 254 g/mol. The van der Waals surface area contributed by atoms with Crippen LogP contribution in [0.5, 0.6) is 0 Å². The minimum Gasteiger partial charge on any atom is -0.468 e. The Morgan fingerprint density at radius 1 is 1.39 bits per heavy atom. The lowest BCUT2D eigenvalue weighted by Gasteiger charge is -2.20. The Labute approximate surface area is 107 Å². The number of sulfonamides is 1. The van der Waals surface area contributed by atoms with Crippen molar-refractivity contribution in [2.45, 2.75) is 38.3 Å². The predicted molar refractivity (Wildman–Crippen MR) is 67.4 cm³/mol. The summed E-state index contributed by atoms with van der Waals surface area (Å²) in [6.07, 6.45) is 4.44. The average Bonchev–Trinajstić information content (AvgIpc) is 3.03. The van der Waals surface area contributed by atoms with Crippen molar-refractivity contribution in [3.8, 4) is 0 Å². The third-order valence-corrected chi connectivity index (χ3v) is 4.96. The summed E-state index contributed by atoms with van der Waals surface area (Å²) in [6.45, 7) is 0.357. The molecule has 2 rings (SSSR count). The molecule has 6 heteroatoms. The molecule has 0 bridgehead atoms. The molecule has 1 fully saturated rings. The van der Waals surface area contributed by atoms with E-state index < -0.39 is 10.0 Å². The van der Waals surface area contributed by atoms with E-state index in [0.717, 1.165) is 12.8 Å². The smallest absolute Gasteiger partial charge is 0.214 e. The molecule has 1 aromatic heterocycles. The Kier molecular flexibility index (Phi) is 4.42. The Balaban J connectivity index is 2.00. The van der Waals surface area contributed by atoms with E-state index in [4.69, 9.17) is 9.52 Å². The van der Waals surface area contributed by atoms with Crippen LogP contribution in [0.1, 0.15) is 31.4 Å². The van der Waals surface area contributed by atoms with Crippen LogP contribution in [0, 0.1) is 0 Å². The maximum atomic E-state index is 12.2. The number of unbranched alkanes of at least 4 members (excludes halogenated alkanes) is 1. The van der Waals surface area contributed by atoms with Crippen molar-refractivity contribution in [3.05, 3.63) is 24.2 Å². The van der Waals surface area contributed by atoms with Crippen LogP contribution in [0.3, 0.4) is 0 Å². The number of furan rings is 1. The molecule has 0 aromatic carbocycles. The highest BCUT2D eigenvalue weighted by atomic mass is 32.2. The lowest BCUT2D eigenvalue weighted by molar-refractivity contribution is 0.286. The van der Waals surface area contributed by atoms with Crippen molar-refractivity contribution in [2.75, 3.05) is 12.4 Å². The van der Waals surface area contributed by atoms with Crippen LogP contribution in [0.25, 0.3) is 0 Å². The molecule has 1 heterocycles. The normalized spacial score (nSPS) is 16.3.